The first-order valence-corrected chi connectivity index (χ1v) is 6.55. The Bertz CT molecular complexity index is 781. The molecule has 0 amide bonds. The maximum absolute atomic E-state index is 5.91. The van der Waals surface area contributed by atoms with Crippen LogP contribution in [-0.4, -0.2) is 37.2 Å². The van der Waals surface area contributed by atoms with Crippen LogP contribution in [0.2, 0.25) is 0 Å². The number of hydrogen-bond donors (Lipinski definition) is 2. The van der Waals surface area contributed by atoms with Crippen LogP contribution < -0.4 is 10.6 Å². The Labute approximate surface area is 121 Å². The highest BCUT2D eigenvalue weighted by atomic mass is 15.2. The largest absolute Gasteiger partial charge is 0.382 e. The van der Waals surface area contributed by atoms with Gasteiger partial charge < -0.3 is 10.6 Å². The van der Waals surface area contributed by atoms with Crippen molar-refractivity contribution in [1.29, 1.82) is 0 Å². The van der Waals surface area contributed by atoms with Gasteiger partial charge in [0.15, 0.2) is 5.65 Å². The number of H-pyrrole nitrogens is 1. The zero-order valence-corrected chi connectivity index (χ0v) is 12.1. The van der Waals surface area contributed by atoms with Crippen molar-refractivity contribution in [3.8, 4) is 0 Å². The van der Waals surface area contributed by atoms with E-state index in [9.17, 15) is 0 Å². The molecule has 21 heavy (non-hydrogen) atoms. The molecule has 8 nitrogen and oxygen atoms in total. The van der Waals surface area contributed by atoms with Gasteiger partial charge in [-0.3, -0.25) is 10.1 Å². The average Bonchev–Trinajstić information content (AvgIpc) is 2.93. The fraction of sp³-hybridized carbons (Fsp3) is 0.308. The second kappa shape index (κ2) is 4.97. The van der Waals surface area contributed by atoms with Gasteiger partial charge in [-0.25, -0.2) is 15.0 Å². The van der Waals surface area contributed by atoms with Crippen LogP contribution in [0.5, 0.6) is 0 Å². The highest BCUT2D eigenvalue weighted by Crippen LogP contribution is 2.29. The Hall–Kier alpha value is -2.77. The van der Waals surface area contributed by atoms with Gasteiger partial charge in [-0.2, -0.15) is 5.10 Å². The molecule has 3 rings (SSSR count). The maximum Gasteiger partial charge on any atom is 0.161 e. The monoisotopic (exact) mass is 284 g/mol. The van der Waals surface area contributed by atoms with Gasteiger partial charge in [0.25, 0.3) is 0 Å². The number of nitrogens with one attached hydrogen (secondary N) is 1. The van der Waals surface area contributed by atoms with E-state index in [4.69, 9.17) is 5.73 Å². The predicted molar refractivity (Wildman–Crippen MR) is 79.7 cm³/mol. The van der Waals surface area contributed by atoms with E-state index in [1.165, 1.54) is 0 Å². The van der Waals surface area contributed by atoms with Gasteiger partial charge in [0, 0.05) is 19.4 Å². The number of nitrogens with two attached hydrogens (primary N) is 1. The summed E-state index contributed by atoms with van der Waals surface area (Å²) in [5.41, 5.74) is 7.34. The molecule has 108 valence electrons. The summed E-state index contributed by atoms with van der Waals surface area (Å²) in [6.45, 7) is 3.85. The zero-order chi connectivity index (χ0) is 15.0. The number of nitrogens with zero attached hydrogens (tertiary/aromatic N) is 6. The van der Waals surface area contributed by atoms with Crippen LogP contribution in [0.25, 0.3) is 11.0 Å². The maximum atomic E-state index is 5.91. The van der Waals surface area contributed by atoms with Gasteiger partial charge >= 0.3 is 0 Å². The molecule has 8 heteroatoms. The number of rotatable bonds is 3. The molecule has 3 N–H and O–H groups in total. The minimum Gasteiger partial charge on any atom is -0.382 e. The molecule has 1 atom stereocenters. The molecule has 0 bridgehead atoms. The van der Waals surface area contributed by atoms with E-state index in [-0.39, 0.29) is 6.04 Å². The zero-order valence-electron chi connectivity index (χ0n) is 12.1. The Kier molecular flexibility index (Phi) is 3.13. The van der Waals surface area contributed by atoms with E-state index in [1.807, 2.05) is 25.8 Å². The topological polar surface area (TPSA) is 110 Å². The smallest absolute Gasteiger partial charge is 0.161 e. The lowest BCUT2D eigenvalue weighted by molar-refractivity contribution is 0.703. The fourth-order valence-corrected chi connectivity index (χ4v) is 2.25. The standard InChI is InChI=1S/C13H16N8/c1-7(10-11(14)16-5-4-15-10)21(3)13-9-6-17-20-12(9)18-8(2)19-13/h4-7H,1-3H3,(H2,14,16)(H,17,18,19,20). The molecule has 3 heterocycles. The van der Waals surface area contributed by atoms with Crippen LogP contribution in [0.4, 0.5) is 11.6 Å². The lowest BCUT2D eigenvalue weighted by Gasteiger charge is -2.26. The molecule has 0 saturated carbocycles. The number of aromatic nitrogens is 6. The van der Waals surface area contributed by atoms with Gasteiger partial charge in [-0.05, 0) is 13.8 Å². The second-order valence-corrected chi connectivity index (χ2v) is 4.84. The van der Waals surface area contributed by atoms with Crippen molar-refractivity contribution in [3.63, 3.8) is 0 Å². The van der Waals surface area contributed by atoms with Crippen molar-refractivity contribution in [2.75, 3.05) is 17.7 Å². The number of fused-ring (bicyclic) bond motifs is 1. The molecule has 3 aromatic heterocycles. The lowest BCUT2D eigenvalue weighted by atomic mass is 10.2. The number of anilines is 2. The normalized spacial score (nSPS) is 12.5. The Morgan fingerprint density at radius 3 is 2.76 bits per heavy atom. The summed E-state index contributed by atoms with van der Waals surface area (Å²) in [6.07, 6.45) is 4.93. The number of aryl methyl sites for hydroxylation is 1. The molecule has 0 spiro atoms. The molecule has 0 fully saturated rings. The van der Waals surface area contributed by atoms with Gasteiger partial charge in [0.05, 0.1) is 17.6 Å². The Morgan fingerprint density at radius 2 is 2.00 bits per heavy atom. The Balaban J connectivity index is 2.06. The van der Waals surface area contributed by atoms with Crippen molar-refractivity contribution in [2.45, 2.75) is 19.9 Å². The SMILES string of the molecule is Cc1nc(N(C)C(C)c2nccnc2N)c2cn[nH]c2n1. The fourth-order valence-electron chi connectivity index (χ4n) is 2.25. The first-order valence-electron chi connectivity index (χ1n) is 6.55. The van der Waals surface area contributed by atoms with E-state index in [1.54, 1.807) is 18.6 Å². The molecule has 0 aliphatic heterocycles. The van der Waals surface area contributed by atoms with Crippen molar-refractivity contribution in [1.82, 2.24) is 30.1 Å². The minimum atomic E-state index is -0.0777. The molecular weight excluding hydrogens is 268 g/mol. The van der Waals surface area contributed by atoms with Crippen LogP contribution in [0.15, 0.2) is 18.6 Å². The predicted octanol–water partition coefficient (Wildman–Crippen LogP) is 1.23. The first kappa shape index (κ1) is 13.2. The molecule has 0 saturated heterocycles. The molecule has 0 aliphatic carbocycles. The summed E-state index contributed by atoms with van der Waals surface area (Å²) in [6, 6.07) is -0.0777. The van der Waals surface area contributed by atoms with Crippen LogP contribution in [-0.2, 0) is 0 Å². The van der Waals surface area contributed by atoms with E-state index < -0.39 is 0 Å². The summed E-state index contributed by atoms with van der Waals surface area (Å²) in [5.74, 6) is 1.88. The van der Waals surface area contributed by atoms with Crippen LogP contribution in [0.1, 0.15) is 24.5 Å². The first-order chi connectivity index (χ1) is 10.1. The summed E-state index contributed by atoms with van der Waals surface area (Å²) in [4.78, 5) is 19.2. The second-order valence-electron chi connectivity index (χ2n) is 4.84. The summed E-state index contributed by atoms with van der Waals surface area (Å²) in [5, 5.41) is 7.75. The van der Waals surface area contributed by atoms with Crippen molar-refractivity contribution in [2.24, 2.45) is 0 Å². The van der Waals surface area contributed by atoms with Crippen LogP contribution >= 0.6 is 0 Å². The summed E-state index contributed by atoms with van der Waals surface area (Å²) < 4.78 is 0. The number of nitrogen functional groups attached to an aromatic ring is 1. The van der Waals surface area contributed by atoms with Crippen molar-refractivity contribution in [3.05, 3.63) is 30.1 Å². The Morgan fingerprint density at radius 1 is 1.24 bits per heavy atom. The molecule has 0 aromatic carbocycles. The van der Waals surface area contributed by atoms with Crippen LogP contribution in [0.3, 0.4) is 0 Å². The minimum absolute atomic E-state index is 0.0777. The third kappa shape index (κ3) is 2.24. The highest BCUT2D eigenvalue weighted by molar-refractivity contribution is 5.86. The van der Waals surface area contributed by atoms with E-state index in [2.05, 4.69) is 30.1 Å². The third-order valence-electron chi connectivity index (χ3n) is 3.47. The van der Waals surface area contributed by atoms with E-state index in [0.717, 1.165) is 11.2 Å². The van der Waals surface area contributed by atoms with Crippen molar-refractivity contribution < 1.29 is 0 Å². The van der Waals surface area contributed by atoms with Crippen LogP contribution in [0, 0.1) is 6.92 Å². The number of aromatic amines is 1. The molecule has 0 aliphatic rings. The number of hydrogen-bond acceptors (Lipinski definition) is 7. The summed E-state index contributed by atoms with van der Waals surface area (Å²) in [7, 11) is 1.94. The molecule has 3 aromatic rings. The molecular formula is C13H16N8. The van der Waals surface area contributed by atoms with E-state index in [0.29, 0.717) is 23.0 Å². The quantitative estimate of drug-likeness (QED) is 0.744. The average molecular weight is 284 g/mol. The van der Waals surface area contributed by atoms with Crippen molar-refractivity contribution >= 4 is 22.7 Å². The van der Waals surface area contributed by atoms with Gasteiger partial charge in [-0.15, -0.1) is 0 Å². The van der Waals surface area contributed by atoms with Gasteiger partial charge in [-0.1, -0.05) is 0 Å². The highest BCUT2D eigenvalue weighted by Gasteiger charge is 2.20. The third-order valence-corrected chi connectivity index (χ3v) is 3.47. The summed E-state index contributed by atoms with van der Waals surface area (Å²) >= 11 is 0. The van der Waals surface area contributed by atoms with E-state index >= 15 is 0 Å². The molecule has 0 radical (unpaired) electrons. The van der Waals surface area contributed by atoms with Gasteiger partial charge in [0.1, 0.15) is 23.2 Å². The lowest BCUT2D eigenvalue weighted by Crippen LogP contribution is -2.25. The van der Waals surface area contributed by atoms with Gasteiger partial charge in [0.2, 0.25) is 0 Å². The molecule has 1 unspecified atom stereocenters.